The SMILES string of the molecule is COc1cccc(NC(=O)CC2C(=O)N(Cc3ccc(C)cc3)c3nc4ccccc4n32)c1. The molecule has 1 aliphatic heterocycles. The lowest BCUT2D eigenvalue weighted by molar-refractivity contribution is -0.124. The highest BCUT2D eigenvalue weighted by atomic mass is 16.5. The average Bonchev–Trinajstić information content (AvgIpc) is 3.31. The van der Waals surface area contributed by atoms with E-state index in [2.05, 4.69) is 5.32 Å². The van der Waals surface area contributed by atoms with Crippen LogP contribution in [0.25, 0.3) is 11.0 Å². The van der Waals surface area contributed by atoms with E-state index in [0.29, 0.717) is 23.9 Å². The number of methoxy groups -OCH3 is 1. The lowest BCUT2D eigenvalue weighted by Gasteiger charge is -2.16. The number of ether oxygens (including phenoxy) is 1. The number of aryl methyl sites for hydroxylation is 1. The van der Waals surface area contributed by atoms with Gasteiger partial charge in [0.1, 0.15) is 11.8 Å². The Hall–Kier alpha value is -4.13. The standard InChI is InChI=1S/C26H24N4O3/c1-17-10-12-18(13-11-17)16-29-25(32)23(30-22-9-4-3-8-21(22)28-26(29)30)15-24(31)27-19-6-5-7-20(14-19)33-2/h3-14,23H,15-16H2,1-2H3,(H,27,31). The van der Waals surface area contributed by atoms with Gasteiger partial charge in [-0.1, -0.05) is 48.0 Å². The van der Waals surface area contributed by atoms with Crippen LogP contribution < -0.4 is 15.0 Å². The third-order valence-electron chi connectivity index (χ3n) is 5.87. The first-order valence-corrected chi connectivity index (χ1v) is 10.8. The molecule has 0 saturated carbocycles. The molecule has 3 aromatic carbocycles. The molecule has 166 valence electrons. The van der Waals surface area contributed by atoms with E-state index in [1.807, 2.05) is 66.1 Å². The topological polar surface area (TPSA) is 76.5 Å². The van der Waals surface area contributed by atoms with Gasteiger partial charge in [-0.15, -0.1) is 0 Å². The molecule has 0 radical (unpaired) electrons. The van der Waals surface area contributed by atoms with Gasteiger partial charge in [-0.2, -0.15) is 0 Å². The van der Waals surface area contributed by atoms with Crippen molar-refractivity contribution >= 4 is 34.5 Å². The number of amides is 2. The molecule has 1 aliphatic rings. The second kappa shape index (κ2) is 8.43. The highest BCUT2D eigenvalue weighted by molar-refractivity contribution is 6.05. The molecule has 0 saturated heterocycles. The fourth-order valence-corrected chi connectivity index (χ4v) is 4.21. The summed E-state index contributed by atoms with van der Waals surface area (Å²) in [6.07, 6.45) is 0.00773. The number of hydrogen-bond donors (Lipinski definition) is 1. The zero-order chi connectivity index (χ0) is 22.9. The maximum atomic E-state index is 13.5. The Morgan fingerprint density at radius 3 is 2.64 bits per heavy atom. The van der Waals surface area contributed by atoms with Crippen LogP contribution in [0.5, 0.6) is 5.75 Å². The monoisotopic (exact) mass is 440 g/mol. The van der Waals surface area contributed by atoms with Crippen molar-refractivity contribution in [3.8, 4) is 5.75 Å². The molecule has 4 aromatic rings. The third kappa shape index (κ3) is 3.93. The molecule has 5 rings (SSSR count). The zero-order valence-electron chi connectivity index (χ0n) is 18.5. The molecule has 0 bridgehead atoms. The number of benzene rings is 3. The van der Waals surface area contributed by atoms with Gasteiger partial charge in [0.2, 0.25) is 11.9 Å². The highest BCUT2D eigenvalue weighted by Gasteiger charge is 2.40. The van der Waals surface area contributed by atoms with Crippen molar-refractivity contribution in [2.45, 2.75) is 25.9 Å². The molecule has 33 heavy (non-hydrogen) atoms. The maximum Gasteiger partial charge on any atom is 0.253 e. The average molecular weight is 441 g/mol. The van der Waals surface area contributed by atoms with E-state index in [-0.39, 0.29) is 18.2 Å². The minimum Gasteiger partial charge on any atom is -0.497 e. The van der Waals surface area contributed by atoms with Crippen LogP contribution in [0.15, 0.2) is 72.8 Å². The van der Waals surface area contributed by atoms with Crippen molar-refractivity contribution in [3.05, 3.63) is 83.9 Å². The lowest BCUT2D eigenvalue weighted by Crippen LogP contribution is -2.31. The number of anilines is 2. The largest absolute Gasteiger partial charge is 0.497 e. The van der Waals surface area contributed by atoms with E-state index in [1.54, 1.807) is 30.2 Å². The molecule has 0 aliphatic carbocycles. The smallest absolute Gasteiger partial charge is 0.253 e. The van der Waals surface area contributed by atoms with Gasteiger partial charge >= 0.3 is 0 Å². The number of carbonyl (C=O) groups is 2. The van der Waals surface area contributed by atoms with E-state index in [0.717, 1.165) is 22.2 Å². The summed E-state index contributed by atoms with van der Waals surface area (Å²) in [6, 6.07) is 22.2. The number of para-hydroxylation sites is 2. The van der Waals surface area contributed by atoms with Crippen molar-refractivity contribution in [2.75, 3.05) is 17.3 Å². The molecule has 1 aromatic heterocycles. The summed E-state index contributed by atoms with van der Waals surface area (Å²) >= 11 is 0. The van der Waals surface area contributed by atoms with E-state index in [9.17, 15) is 9.59 Å². The maximum absolute atomic E-state index is 13.5. The predicted molar refractivity (Wildman–Crippen MR) is 127 cm³/mol. The number of fused-ring (bicyclic) bond motifs is 3. The van der Waals surface area contributed by atoms with E-state index < -0.39 is 6.04 Å². The highest BCUT2D eigenvalue weighted by Crippen LogP contribution is 2.37. The number of nitrogens with one attached hydrogen (secondary N) is 1. The van der Waals surface area contributed by atoms with E-state index >= 15 is 0 Å². The van der Waals surface area contributed by atoms with Gasteiger partial charge in [0.25, 0.3) is 5.91 Å². The fourth-order valence-electron chi connectivity index (χ4n) is 4.21. The van der Waals surface area contributed by atoms with Gasteiger partial charge in [-0.05, 0) is 36.8 Å². The molecule has 7 nitrogen and oxygen atoms in total. The number of hydrogen-bond acceptors (Lipinski definition) is 4. The molecular formula is C26H24N4O3. The van der Waals surface area contributed by atoms with Gasteiger partial charge in [0, 0.05) is 11.8 Å². The van der Waals surface area contributed by atoms with Gasteiger partial charge in [-0.25, -0.2) is 4.98 Å². The summed E-state index contributed by atoms with van der Waals surface area (Å²) in [5.74, 6) is 0.838. The Morgan fingerprint density at radius 1 is 1.06 bits per heavy atom. The molecule has 1 unspecified atom stereocenters. The summed E-state index contributed by atoms with van der Waals surface area (Å²) in [6.45, 7) is 2.43. The predicted octanol–water partition coefficient (Wildman–Crippen LogP) is 4.47. The Bertz CT molecular complexity index is 1340. The first-order chi connectivity index (χ1) is 16.0. The Morgan fingerprint density at radius 2 is 1.85 bits per heavy atom. The van der Waals surface area contributed by atoms with E-state index in [1.165, 1.54) is 0 Å². The van der Waals surface area contributed by atoms with Crippen LogP contribution in [0.1, 0.15) is 23.6 Å². The van der Waals surface area contributed by atoms with Gasteiger partial charge in [0.05, 0.1) is 31.1 Å². The van der Waals surface area contributed by atoms with Crippen LogP contribution in [0.2, 0.25) is 0 Å². The number of carbonyl (C=O) groups excluding carboxylic acids is 2. The molecule has 0 spiro atoms. The second-order valence-electron chi connectivity index (χ2n) is 8.18. The van der Waals surface area contributed by atoms with Crippen LogP contribution in [0, 0.1) is 6.92 Å². The van der Waals surface area contributed by atoms with Crippen molar-refractivity contribution in [1.29, 1.82) is 0 Å². The van der Waals surface area contributed by atoms with Crippen LogP contribution in [0.4, 0.5) is 11.6 Å². The summed E-state index contributed by atoms with van der Waals surface area (Å²) in [4.78, 5) is 32.8. The summed E-state index contributed by atoms with van der Waals surface area (Å²) in [5, 5.41) is 2.88. The summed E-state index contributed by atoms with van der Waals surface area (Å²) in [5.41, 5.74) is 4.43. The molecule has 1 atom stereocenters. The van der Waals surface area contributed by atoms with Crippen molar-refractivity contribution in [3.63, 3.8) is 0 Å². The third-order valence-corrected chi connectivity index (χ3v) is 5.87. The molecule has 0 fully saturated rings. The molecule has 2 heterocycles. The van der Waals surface area contributed by atoms with Crippen LogP contribution in [-0.4, -0.2) is 28.5 Å². The minimum atomic E-state index is -0.663. The Balaban J connectivity index is 1.45. The van der Waals surface area contributed by atoms with Crippen molar-refractivity contribution in [2.24, 2.45) is 0 Å². The van der Waals surface area contributed by atoms with E-state index in [4.69, 9.17) is 9.72 Å². The lowest BCUT2D eigenvalue weighted by atomic mass is 10.1. The van der Waals surface area contributed by atoms with Crippen molar-refractivity contribution in [1.82, 2.24) is 9.55 Å². The second-order valence-corrected chi connectivity index (χ2v) is 8.18. The number of imidazole rings is 1. The minimum absolute atomic E-state index is 0.00773. The van der Waals surface area contributed by atoms with Gasteiger partial charge < -0.3 is 10.1 Å². The zero-order valence-corrected chi connectivity index (χ0v) is 18.5. The first kappa shape index (κ1) is 20.8. The quantitative estimate of drug-likeness (QED) is 0.480. The Kier molecular flexibility index (Phi) is 5.30. The summed E-state index contributed by atoms with van der Waals surface area (Å²) < 4.78 is 7.11. The van der Waals surface area contributed by atoms with Crippen LogP contribution in [0.3, 0.4) is 0 Å². The number of rotatable bonds is 6. The molecule has 1 N–H and O–H groups in total. The molecular weight excluding hydrogens is 416 g/mol. The van der Waals surface area contributed by atoms with Gasteiger partial charge in [-0.3, -0.25) is 19.1 Å². The first-order valence-electron chi connectivity index (χ1n) is 10.8. The van der Waals surface area contributed by atoms with Gasteiger partial charge in [0.15, 0.2) is 0 Å². The normalized spacial score (nSPS) is 15.0. The molecule has 7 heteroatoms. The Labute approximate surface area is 191 Å². The van der Waals surface area contributed by atoms with Crippen LogP contribution >= 0.6 is 0 Å². The van der Waals surface area contributed by atoms with Crippen molar-refractivity contribution < 1.29 is 14.3 Å². The fraction of sp³-hybridized carbons (Fsp3) is 0.192. The number of nitrogens with zero attached hydrogens (tertiary/aromatic N) is 3. The summed E-state index contributed by atoms with van der Waals surface area (Å²) in [7, 11) is 1.58. The van der Waals surface area contributed by atoms with Crippen LogP contribution in [-0.2, 0) is 16.1 Å². The molecule has 2 amide bonds. The number of aromatic nitrogens is 2.